The van der Waals surface area contributed by atoms with Gasteiger partial charge in [-0.25, -0.2) is 8.96 Å². The van der Waals surface area contributed by atoms with Crippen molar-refractivity contribution in [3.8, 4) is 17.3 Å². The molecule has 0 aliphatic rings. The van der Waals surface area contributed by atoms with Gasteiger partial charge in [-0.05, 0) is 38.0 Å². The van der Waals surface area contributed by atoms with Crippen LogP contribution in [0.15, 0.2) is 18.2 Å². The molecule has 0 radical (unpaired) electrons. The van der Waals surface area contributed by atoms with Gasteiger partial charge in [0.15, 0.2) is 6.29 Å². The first-order chi connectivity index (χ1) is 10.0. The van der Waals surface area contributed by atoms with Crippen molar-refractivity contribution in [2.45, 2.75) is 13.8 Å². The summed E-state index contributed by atoms with van der Waals surface area (Å²) in [6.07, 6.45) is 0.483. The van der Waals surface area contributed by atoms with Crippen molar-refractivity contribution in [2.24, 2.45) is 0 Å². The molecule has 0 atom stereocenters. The molecule has 0 bridgehead atoms. The zero-order chi connectivity index (χ0) is 15.7. The van der Waals surface area contributed by atoms with Crippen LogP contribution in [0.25, 0.3) is 0 Å². The van der Waals surface area contributed by atoms with Gasteiger partial charge in [-0.1, -0.05) is 0 Å². The second-order valence-electron chi connectivity index (χ2n) is 3.71. The smallest absolute Gasteiger partial charge is 0.405 e. The van der Waals surface area contributed by atoms with Gasteiger partial charge in [0.25, 0.3) is 0 Å². The van der Waals surface area contributed by atoms with Crippen molar-refractivity contribution in [3.63, 3.8) is 0 Å². The Morgan fingerprint density at radius 3 is 2.52 bits per heavy atom. The molecule has 7 heteroatoms. The predicted molar refractivity (Wildman–Crippen MR) is 75.9 cm³/mol. The molecule has 1 aromatic rings. The fraction of sp³-hybridized carbons (Fsp3) is 0.357. The maximum Gasteiger partial charge on any atom is 0.405 e. The quantitative estimate of drug-likeness (QED) is 0.439. The molecule has 114 valence electrons. The molecule has 21 heavy (non-hydrogen) atoms. The molecular weight excluding hydrogens is 298 g/mol. The van der Waals surface area contributed by atoms with Crippen LogP contribution in [0.4, 0.5) is 4.39 Å². The molecule has 0 spiro atoms. The highest BCUT2D eigenvalue weighted by Gasteiger charge is 2.19. The van der Waals surface area contributed by atoms with Gasteiger partial charge in [0, 0.05) is 5.66 Å². The fourth-order valence-electron chi connectivity index (χ4n) is 1.43. The van der Waals surface area contributed by atoms with Crippen LogP contribution in [0.3, 0.4) is 0 Å². The summed E-state index contributed by atoms with van der Waals surface area (Å²) < 4.78 is 40.1. The summed E-state index contributed by atoms with van der Waals surface area (Å²) >= 11 is 0. The van der Waals surface area contributed by atoms with Crippen LogP contribution in [0.1, 0.15) is 24.2 Å². The van der Waals surface area contributed by atoms with E-state index >= 15 is 0 Å². The van der Waals surface area contributed by atoms with Crippen molar-refractivity contribution in [1.82, 2.24) is 0 Å². The number of carbonyl (C=O) groups is 1. The van der Waals surface area contributed by atoms with Crippen LogP contribution in [-0.4, -0.2) is 26.1 Å². The van der Waals surface area contributed by atoms with Gasteiger partial charge in [-0.3, -0.25) is 13.8 Å². The minimum absolute atomic E-state index is 0.0783. The van der Waals surface area contributed by atoms with Crippen molar-refractivity contribution in [3.05, 3.63) is 29.6 Å². The second-order valence-corrected chi connectivity index (χ2v) is 5.45. The molecule has 0 aromatic heterocycles. The molecule has 1 rings (SSSR count). The van der Waals surface area contributed by atoms with E-state index in [1.54, 1.807) is 13.8 Å². The number of aldehydes is 1. The van der Waals surface area contributed by atoms with Crippen LogP contribution in [0, 0.1) is 17.4 Å². The van der Waals surface area contributed by atoms with Gasteiger partial charge in [0.1, 0.15) is 18.2 Å². The fourth-order valence-corrected chi connectivity index (χ4v) is 2.57. The number of halogens is 1. The molecule has 0 saturated heterocycles. The van der Waals surface area contributed by atoms with Gasteiger partial charge < -0.3 is 4.74 Å². The van der Waals surface area contributed by atoms with E-state index in [1.807, 2.05) is 0 Å². The lowest BCUT2D eigenvalue weighted by molar-refractivity contribution is 0.111. The van der Waals surface area contributed by atoms with Crippen LogP contribution >= 0.6 is 7.60 Å². The first-order valence-corrected chi connectivity index (χ1v) is 7.85. The normalized spacial score (nSPS) is 10.6. The Kier molecular flexibility index (Phi) is 7.10. The van der Waals surface area contributed by atoms with Crippen LogP contribution < -0.4 is 4.74 Å². The molecular formula is C14H16FO5P. The Labute approximate surface area is 122 Å². The third-order valence-corrected chi connectivity index (χ3v) is 3.84. The van der Waals surface area contributed by atoms with Gasteiger partial charge in [0.05, 0.1) is 18.8 Å². The van der Waals surface area contributed by atoms with E-state index in [0.717, 1.165) is 6.07 Å². The number of hydrogen-bond donors (Lipinski definition) is 0. The van der Waals surface area contributed by atoms with Crippen LogP contribution in [-0.2, 0) is 13.6 Å². The largest absolute Gasteiger partial charge is 0.480 e. The minimum atomic E-state index is -3.44. The topological polar surface area (TPSA) is 61.8 Å². The summed E-state index contributed by atoms with van der Waals surface area (Å²) in [4.78, 5) is 10.8. The molecule has 0 aliphatic carbocycles. The summed E-state index contributed by atoms with van der Waals surface area (Å²) in [7, 11) is -3.44. The Bertz CT molecular complexity index is 581. The van der Waals surface area contributed by atoms with Gasteiger partial charge >= 0.3 is 7.60 Å². The Hall–Kier alpha value is -1.67. The molecule has 5 nitrogen and oxygen atoms in total. The van der Waals surface area contributed by atoms with Gasteiger partial charge in [-0.15, -0.1) is 0 Å². The van der Waals surface area contributed by atoms with E-state index in [4.69, 9.17) is 13.8 Å². The lowest BCUT2D eigenvalue weighted by Crippen LogP contribution is -1.99. The highest BCUT2D eigenvalue weighted by Crippen LogP contribution is 2.46. The minimum Gasteiger partial charge on any atom is -0.480 e. The second kappa shape index (κ2) is 8.58. The summed E-state index contributed by atoms with van der Waals surface area (Å²) in [5.74, 6) is 2.18. The number of carbonyl (C=O) groups excluding carboxylic acids is 1. The number of hydrogen-bond acceptors (Lipinski definition) is 5. The highest BCUT2D eigenvalue weighted by atomic mass is 31.2. The Balaban J connectivity index is 2.71. The molecule has 1 aromatic carbocycles. The zero-order valence-electron chi connectivity index (χ0n) is 11.8. The first-order valence-electron chi connectivity index (χ1n) is 6.31. The van der Waals surface area contributed by atoms with Crippen LogP contribution in [0.2, 0.25) is 0 Å². The average molecular weight is 314 g/mol. The maximum atomic E-state index is 12.9. The number of benzene rings is 1. The first kappa shape index (κ1) is 17.4. The summed E-state index contributed by atoms with van der Waals surface area (Å²) in [5, 5.41) is 0. The van der Waals surface area contributed by atoms with E-state index < -0.39 is 13.4 Å². The summed E-state index contributed by atoms with van der Waals surface area (Å²) in [6.45, 7) is 3.65. The summed E-state index contributed by atoms with van der Waals surface area (Å²) in [5.41, 5.74) is 2.47. The van der Waals surface area contributed by atoms with Crippen molar-refractivity contribution in [1.29, 1.82) is 0 Å². The number of ether oxygens (including phenoxy) is 1. The molecule has 0 heterocycles. The van der Waals surface area contributed by atoms with Crippen molar-refractivity contribution in [2.75, 3.05) is 19.8 Å². The monoisotopic (exact) mass is 314 g/mol. The predicted octanol–water partition coefficient (Wildman–Crippen LogP) is 3.24. The third kappa shape index (κ3) is 5.68. The highest BCUT2D eigenvalue weighted by molar-refractivity contribution is 7.59. The van der Waals surface area contributed by atoms with Gasteiger partial charge in [-0.2, -0.15) is 0 Å². The Morgan fingerprint density at radius 1 is 1.29 bits per heavy atom. The van der Waals surface area contributed by atoms with Crippen molar-refractivity contribution >= 4 is 13.9 Å². The van der Waals surface area contributed by atoms with E-state index in [9.17, 15) is 13.8 Å². The molecule has 0 amide bonds. The average Bonchev–Trinajstić information content (AvgIpc) is 2.45. The molecule has 0 saturated carbocycles. The standard InChI is InChI=1S/C14H16FO5P/c1-3-19-21(17,20-4-2)9-5-8-18-14-7-6-13(15)10-12(14)11-16/h6-7,10-11H,3-4,8H2,1-2H3. The lowest BCUT2D eigenvalue weighted by atomic mass is 10.2. The lowest BCUT2D eigenvalue weighted by Gasteiger charge is -2.09. The molecule has 0 N–H and O–H groups in total. The van der Waals surface area contributed by atoms with E-state index in [-0.39, 0.29) is 31.1 Å². The number of rotatable bonds is 7. The zero-order valence-corrected chi connectivity index (χ0v) is 12.7. The van der Waals surface area contributed by atoms with E-state index in [1.165, 1.54) is 12.1 Å². The SMILES string of the molecule is CCOP(=O)(C#CCOc1ccc(F)cc1C=O)OCC. The Morgan fingerprint density at radius 2 is 1.95 bits per heavy atom. The summed E-state index contributed by atoms with van der Waals surface area (Å²) in [6, 6.07) is 3.55. The van der Waals surface area contributed by atoms with Gasteiger partial charge in [0.2, 0.25) is 0 Å². The van der Waals surface area contributed by atoms with E-state index in [0.29, 0.717) is 6.29 Å². The maximum absolute atomic E-state index is 12.9. The third-order valence-electron chi connectivity index (χ3n) is 2.21. The molecule has 0 fully saturated rings. The van der Waals surface area contributed by atoms with E-state index in [2.05, 4.69) is 11.6 Å². The molecule has 0 aliphatic heterocycles. The molecule has 0 unspecified atom stereocenters. The van der Waals surface area contributed by atoms with Crippen molar-refractivity contribution < 1.29 is 27.5 Å². The van der Waals surface area contributed by atoms with Crippen LogP contribution in [0.5, 0.6) is 5.75 Å².